The highest BCUT2D eigenvalue weighted by Crippen LogP contribution is 2.37. The van der Waals surface area contributed by atoms with Crippen LogP contribution in [0.25, 0.3) is 0 Å². The van der Waals surface area contributed by atoms with Gasteiger partial charge in [-0.15, -0.1) is 0 Å². The highest BCUT2D eigenvalue weighted by molar-refractivity contribution is 5.82. The van der Waals surface area contributed by atoms with E-state index in [0.717, 1.165) is 30.2 Å². The molecular weight excluding hydrogens is 254 g/mol. The molecule has 0 aliphatic carbocycles. The van der Waals surface area contributed by atoms with Crippen LogP contribution in [0.2, 0.25) is 0 Å². The second-order valence-corrected chi connectivity index (χ2v) is 5.96. The van der Waals surface area contributed by atoms with Crippen LogP contribution >= 0.6 is 0 Å². The molecule has 3 N–H and O–H groups in total. The lowest BCUT2D eigenvalue weighted by atomic mass is 9.89. The SMILES string of the molecule is CNc1ncnc(N2CCC(C)(C(N)=O)C2)c1C(C)C. The number of anilines is 2. The van der Waals surface area contributed by atoms with E-state index in [2.05, 4.69) is 34.0 Å². The molecule has 1 aromatic rings. The number of nitrogens with zero attached hydrogens (tertiary/aromatic N) is 3. The maximum atomic E-state index is 11.6. The van der Waals surface area contributed by atoms with Gasteiger partial charge < -0.3 is 16.0 Å². The molecule has 0 saturated carbocycles. The second kappa shape index (κ2) is 5.26. The number of primary amides is 1. The van der Waals surface area contributed by atoms with Crippen LogP contribution in [0.4, 0.5) is 11.6 Å². The Hall–Kier alpha value is -1.85. The molecule has 20 heavy (non-hydrogen) atoms. The summed E-state index contributed by atoms with van der Waals surface area (Å²) in [6, 6.07) is 0. The zero-order valence-corrected chi connectivity index (χ0v) is 12.6. The zero-order chi connectivity index (χ0) is 14.9. The topological polar surface area (TPSA) is 84.1 Å². The Morgan fingerprint density at radius 1 is 1.50 bits per heavy atom. The van der Waals surface area contributed by atoms with Crippen molar-refractivity contribution in [2.75, 3.05) is 30.4 Å². The quantitative estimate of drug-likeness (QED) is 0.867. The summed E-state index contributed by atoms with van der Waals surface area (Å²) in [5.41, 5.74) is 6.13. The first kappa shape index (κ1) is 14.6. The van der Waals surface area contributed by atoms with Crippen LogP contribution in [-0.4, -0.2) is 36.0 Å². The molecule has 0 bridgehead atoms. The smallest absolute Gasteiger partial charge is 0.225 e. The van der Waals surface area contributed by atoms with Gasteiger partial charge in [-0.1, -0.05) is 13.8 Å². The molecule has 1 saturated heterocycles. The number of hydrogen-bond donors (Lipinski definition) is 2. The monoisotopic (exact) mass is 277 g/mol. The minimum atomic E-state index is -0.473. The van der Waals surface area contributed by atoms with E-state index < -0.39 is 5.41 Å². The first-order valence-corrected chi connectivity index (χ1v) is 6.96. The van der Waals surface area contributed by atoms with Crippen molar-refractivity contribution in [1.29, 1.82) is 0 Å². The average molecular weight is 277 g/mol. The Morgan fingerprint density at radius 2 is 2.20 bits per heavy atom. The van der Waals surface area contributed by atoms with E-state index in [1.54, 1.807) is 6.33 Å². The van der Waals surface area contributed by atoms with Crippen molar-refractivity contribution in [2.24, 2.45) is 11.1 Å². The van der Waals surface area contributed by atoms with Gasteiger partial charge in [0.05, 0.1) is 5.41 Å². The van der Waals surface area contributed by atoms with E-state index in [1.165, 1.54) is 0 Å². The van der Waals surface area contributed by atoms with E-state index in [1.807, 2.05) is 14.0 Å². The Bertz CT molecular complexity index is 516. The molecule has 0 radical (unpaired) electrons. The van der Waals surface area contributed by atoms with Gasteiger partial charge in [-0.2, -0.15) is 0 Å². The van der Waals surface area contributed by atoms with Crippen molar-refractivity contribution in [3.8, 4) is 0 Å². The third-order valence-corrected chi connectivity index (χ3v) is 4.04. The van der Waals surface area contributed by atoms with Gasteiger partial charge in [0.15, 0.2) is 0 Å². The fraction of sp³-hybridized carbons (Fsp3) is 0.643. The number of nitrogens with one attached hydrogen (secondary N) is 1. The number of nitrogens with two attached hydrogens (primary N) is 1. The lowest BCUT2D eigenvalue weighted by molar-refractivity contribution is -0.125. The first-order chi connectivity index (χ1) is 9.39. The lowest BCUT2D eigenvalue weighted by Crippen LogP contribution is -2.37. The maximum absolute atomic E-state index is 11.6. The van der Waals surface area contributed by atoms with Crippen molar-refractivity contribution < 1.29 is 4.79 Å². The van der Waals surface area contributed by atoms with Gasteiger partial charge in [0.2, 0.25) is 5.91 Å². The molecule has 1 aromatic heterocycles. The van der Waals surface area contributed by atoms with Crippen LogP contribution in [0.15, 0.2) is 6.33 Å². The van der Waals surface area contributed by atoms with Gasteiger partial charge in [-0.25, -0.2) is 9.97 Å². The molecule has 2 heterocycles. The van der Waals surface area contributed by atoms with E-state index in [4.69, 9.17) is 5.73 Å². The van der Waals surface area contributed by atoms with Gasteiger partial charge in [0.25, 0.3) is 0 Å². The number of carbonyl (C=O) groups is 1. The third-order valence-electron chi connectivity index (χ3n) is 4.04. The van der Waals surface area contributed by atoms with E-state index >= 15 is 0 Å². The summed E-state index contributed by atoms with van der Waals surface area (Å²) in [5.74, 6) is 1.81. The molecule has 1 aliphatic rings. The highest BCUT2D eigenvalue weighted by atomic mass is 16.1. The molecule has 1 amide bonds. The van der Waals surface area contributed by atoms with Crippen molar-refractivity contribution in [3.05, 3.63) is 11.9 Å². The minimum Gasteiger partial charge on any atom is -0.373 e. The van der Waals surface area contributed by atoms with Gasteiger partial charge in [0, 0.05) is 25.7 Å². The summed E-state index contributed by atoms with van der Waals surface area (Å²) in [6.45, 7) is 7.56. The van der Waals surface area contributed by atoms with E-state index in [-0.39, 0.29) is 5.91 Å². The molecule has 6 heteroatoms. The Kier molecular flexibility index (Phi) is 3.83. The Balaban J connectivity index is 2.37. The number of amides is 1. The van der Waals surface area contributed by atoms with Crippen LogP contribution in [0.5, 0.6) is 0 Å². The molecule has 2 rings (SSSR count). The van der Waals surface area contributed by atoms with Crippen LogP contribution in [0.1, 0.15) is 38.7 Å². The maximum Gasteiger partial charge on any atom is 0.225 e. The second-order valence-electron chi connectivity index (χ2n) is 5.96. The number of rotatable bonds is 4. The van der Waals surface area contributed by atoms with Gasteiger partial charge >= 0.3 is 0 Å². The zero-order valence-electron chi connectivity index (χ0n) is 12.6. The predicted molar refractivity (Wildman–Crippen MR) is 79.8 cm³/mol. The van der Waals surface area contributed by atoms with Crippen LogP contribution in [0.3, 0.4) is 0 Å². The summed E-state index contributed by atoms with van der Waals surface area (Å²) in [6.07, 6.45) is 2.33. The fourth-order valence-electron chi connectivity index (χ4n) is 2.71. The van der Waals surface area contributed by atoms with E-state index in [9.17, 15) is 4.79 Å². The van der Waals surface area contributed by atoms with Gasteiger partial charge in [-0.05, 0) is 19.3 Å². The summed E-state index contributed by atoms with van der Waals surface area (Å²) in [4.78, 5) is 22.5. The molecule has 110 valence electrons. The molecule has 1 atom stereocenters. The van der Waals surface area contributed by atoms with E-state index in [0.29, 0.717) is 12.5 Å². The van der Waals surface area contributed by atoms with Crippen molar-refractivity contribution in [2.45, 2.75) is 33.1 Å². The third kappa shape index (κ3) is 2.42. The molecule has 1 unspecified atom stereocenters. The molecule has 6 nitrogen and oxygen atoms in total. The highest BCUT2D eigenvalue weighted by Gasteiger charge is 2.40. The minimum absolute atomic E-state index is 0.242. The fourth-order valence-corrected chi connectivity index (χ4v) is 2.71. The summed E-state index contributed by atoms with van der Waals surface area (Å²) >= 11 is 0. The Labute approximate surface area is 119 Å². The first-order valence-electron chi connectivity index (χ1n) is 6.96. The number of hydrogen-bond acceptors (Lipinski definition) is 5. The largest absolute Gasteiger partial charge is 0.373 e. The van der Waals surface area contributed by atoms with Crippen LogP contribution < -0.4 is 16.0 Å². The molecular formula is C14H23N5O. The lowest BCUT2D eigenvalue weighted by Gasteiger charge is -2.25. The number of carbonyl (C=O) groups excluding carboxylic acids is 1. The summed E-state index contributed by atoms with van der Waals surface area (Å²) in [5, 5.41) is 3.11. The Morgan fingerprint density at radius 3 is 2.70 bits per heavy atom. The average Bonchev–Trinajstić information content (AvgIpc) is 2.81. The van der Waals surface area contributed by atoms with Crippen LogP contribution in [0, 0.1) is 5.41 Å². The normalized spacial score (nSPS) is 22.4. The van der Waals surface area contributed by atoms with Gasteiger partial charge in [0.1, 0.15) is 18.0 Å². The van der Waals surface area contributed by atoms with Crippen molar-refractivity contribution in [3.63, 3.8) is 0 Å². The molecule has 1 fully saturated rings. The van der Waals surface area contributed by atoms with Crippen molar-refractivity contribution in [1.82, 2.24) is 9.97 Å². The molecule has 1 aliphatic heterocycles. The van der Waals surface area contributed by atoms with Crippen LogP contribution in [-0.2, 0) is 4.79 Å². The van der Waals surface area contributed by atoms with Crippen molar-refractivity contribution >= 4 is 17.5 Å². The summed E-state index contributed by atoms with van der Waals surface area (Å²) in [7, 11) is 1.86. The molecule has 0 aromatic carbocycles. The van der Waals surface area contributed by atoms with Gasteiger partial charge in [-0.3, -0.25) is 4.79 Å². The molecule has 0 spiro atoms. The predicted octanol–water partition coefficient (Wildman–Crippen LogP) is 1.34. The summed E-state index contributed by atoms with van der Waals surface area (Å²) < 4.78 is 0. The number of aromatic nitrogens is 2. The standard InChI is InChI=1S/C14H23N5O/c1-9(2)10-11(16-4)17-8-18-12(10)19-6-5-14(3,7-19)13(15)20/h8-9H,5-7H2,1-4H3,(H2,15,20)(H,16,17,18).